The van der Waals surface area contributed by atoms with Crippen molar-refractivity contribution in [1.82, 2.24) is 0 Å². The Labute approximate surface area is 117 Å². The van der Waals surface area contributed by atoms with Crippen LogP contribution in [0.25, 0.3) is 10.8 Å². The molecule has 0 N–H and O–H groups in total. The van der Waals surface area contributed by atoms with E-state index >= 15 is 0 Å². The van der Waals surface area contributed by atoms with Crippen molar-refractivity contribution < 1.29 is 19.1 Å². The van der Waals surface area contributed by atoms with E-state index in [1.54, 1.807) is 7.11 Å². The van der Waals surface area contributed by atoms with Crippen LogP contribution in [0.5, 0.6) is 5.75 Å². The minimum Gasteiger partial charge on any atom is -0.496 e. The lowest BCUT2D eigenvalue weighted by Crippen LogP contribution is -2.14. The van der Waals surface area contributed by atoms with Crippen LogP contribution < -0.4 is 4.74 Å². The zero-order valence-corrected chi connectivity index (χ0v) is 11.5. The van der Waals surface area contributed by atoms with Crippen molar-refractivity contribution in [2.45, 2.75) is 13.3 Å². The van der Waals surface area contributed by atoms with Gasteiger partial charge in [-0.15, -0.1) is 0 Å². The number of benzene rings is 2. The fourth-order valence-electron chi connectivity index (χ4n) is 2.12. The maximum absolute atomic E-state index is 11.9. The normalized spacial score (nSPS) is 10.3. The molecule has 0 spiro atoms. The number of rotatable bonds is 5. The van der Waals surface area contributed by atoms with Crippen molar-refractivity contribution in [1.29, 1.82) is 0 Å². The SMILES string of the molecule is COc1ccc2ccccc2c1CC(=O)COC(C)=O. The molecule has 2 aromatic rings. The molecule has 0 unspecified atom stereocenters. The van der Waals surface area contributed by atoms with Crippen molar-refractivity contribution in [3.63, 3.8) is 0 Å². The van der Waals surface area contributed by atoms with E-state index in [-0.39, 0.29) is 18.8 Å². The van der Waals surface area contributed by atoms with Crippen LogP contribution in [-0.4, -0.2) is 25.5 Å². The summed E-state index contributed by atoms with van der Waals surface area (Å²) in [5.74, 6) is 0.0537. The number of ether oxygens (including phenoxy) is 2. The van der Waals surface area contributed by atoms with Gasteiger partial charge < -0.3 is 9.47 Å². The number of carbonyl (C=O) groups is 2. The third-order valence-electron chi connectivity index (χ3n) is 3.03. The second kappa shape index (κ2) is 6.19. The average Bonchev–Trinajstić information content (AvgIpc) is 2.45. The smallest absolute Gasteiger partial charge is 0.303 e. The number of ketones is 1. The molecule has 0 heterocycles. The number of esters is 1. The van der Waals surface area contributed by atoms with E-state index in [1.807, 2.05) is 36.4 Å². The second-order valence-electron chi connectivity index (χ2n) is 4.46. The summed E-state index contributed by atoms with van der Waals surface area (Å²) < 4.78 is 10.1. The Hall–Kier alpha value is -2.36. The molecule has 0 fully saturated rings. The highest BCUT2D eigenvalue weighted by Gasteiger charge is 2.13. The van der Waals surface area contributed by atoms with Gasteiger partial charge in [-0.25, -0.2) is 0 Å². The Kier molecular flexibility index (Phi) is 4.35. The first-order valence-electron chi connectivity index (χ1n) is 6.31. The highest BCUT2D eigenvalue weighted by molar-refractivity contribution is 5.93. The molecule has 0 aliphatic rings. The van der Waals surface area contributed by atoms with Crippen molar-refractivity contribution in [2.75, 3.05) is 13.7 Å². The molecule has 0 saturated heterocycles. The van der Waals surface area contributed by atoms with Crippen LogP contribution in [0.4, 0.5) is 0 Å². The van der Waals surface area contributed by atoms with Crippen LogP contribution >= 0.6 is 0 Å². The molecule has 2 rings (SSSR count). The van der Waals surface area contributed by atoms with E-state index in [1.165, 1.54) is 6.92 Å². The molecule has 0 saturated carbocycles. The van der Waals surface area contributed by atoms with Gasteiger partial charge in [0.2, 0.25) is 0 Å². The van der Waals surface area contributed by atoms with Gasteiger partial charge in [-0.2, -0.15) is 0 Å². The Morgan fingerprint density at radius 2 is 1.85 bits per heavy atom. The summed E-state index contributed by atoms with van der Waals surface area (Å²) in [5.41, 5.74) is 0.822. The molecule has 4 nitrogen and oxygen atoms in total. The maximum atomic E-state index is 11.9. The molecular formula is C16H16O4. The topological polar surface area (TPSA) is 52.6 Å². The number of carbonyl (C=O) groups excluding carboxylic acids is 2. The fraction of sp³-hybridized carbons (Fsp3) is 0.250. The molecule has 0 aromatic heterocycles. The van der Waals surface area contributed by atoms with E-state index in [9.17, 15) is 9.59 Å². The predicted octanol–water partition coefficient (Wildman–Crippen LogP) is 2.52. The summed E-state index contributed by atoms with van der Waals surface area (Å²) in [6.45, 7) is 1.08. The minimum absolute atomic E-state index is 0.158. The van der Waals surface area contributed by atoms with Gasteiger partial charge in [0, 0.05) is 18.9 Å². The zero-order chi connectivity index (χ0) is 14.5. The lowest BCUT2D eigenvalue weighted by Gasteiger charge is -2.11. The predicted molar refractivity (Wildman–Crippen MR) is 75.8 cm³/mol. The minimum atomic E-state index is -0.455. The maximum Gasteiger partial charge on any atom is 0.303 e. The number of fused-ring (bicyclic) bond motifs is 1. The lowest BCUT2D eigenvalue weighted by molar-refractivity contribution is -0.145. The number of methoxy groups -OCH3 is 1. The molecule has 104 valence electrons. The third kappa shape index (κ3) is 3.15. The lowest BCUT2D eigenvalue weighted by atomic mass is 9.99. The highest BCUT2D eigenvalue weighted by Crippen LogP contribution is 2.28. The number of hydrogen-bond acceptors (Lipinski definition) is 4. The van der Waals surface area contributed by atoms with Crippen LogP contribution in [0.1, 0.15) is 12.5 Å². The van der Waals surface area contributed by atoms with Crippen LogP contribution in [0.3, 0.4) is 0 Å². The monoisotopic (exact) mass is 272 g/mol. The first kappa shape index (κ1) is 14.1. The highest BCUT2D eigenvalue weighted by atomic mass is 16.5. The van der Waals surface area contributed by atoms with Gasteiger partial charge in [0.25, 0.3) is 0 Å². The van der Waals surface area contributed by atoms with Crippen molar-refractivity contribution >= 4 is 22.5 Å². The Bertz CT molecular complexity index is 646. The van der Waals surface area contributed by atoms with E-state index in [0.29, 0.717) is 5.75 Å². The van der Waals surface area contributed by atoms with Crippen LogP contribution in [-0.2, 0) is 20.7 Å². The van der Waals surface area contributed by atoms with Gasteiger partial charge in [-0.05, 0) is 16.8 Å². The fourth-order valence-corrected chi connectivity index (χ4v) is 2.12. The standard InChI is InChI=1S/C16H16O4/c1-11(17)20-10-13(18)9-15-14-6-4-3-5-12(14)7-8-16(15)19-2/h3-8H,9-10H2,1-2H3. The van der Waals surface area contributed by atoms with E-state index in [2.05, 4.69) is 0 Å². The first-order valence-corrected chi connectivity index (χ1v) is 6.31. The Balaban J connectivity index is 2.31. The molecule has 0 aliphatic carbocycles. The molecule has 0 atom stereocenters. The summed E-state index contributed by atoms with van der Waals surface area (Å²) in [5, 5.41) is 2.02. The molecule has 4 heteroatoms. The van der Waals surface area contributed by atoms with Crippen LogP contribution in [0.2, 0.25) is 0 Å². The molecule has 0 bridgehead atoms. The number of Topliss-reactive ketones (excluding diaryl/α,β-unsaturated/α-hetero) is 1. The van der Waals surface area contributed by atoms with Crippen molar-refractivity contribution in [3.8, 4) is 5.75 Å². The number of hydrogen-bond donors (Lipinski definition) is 0. The van der Waals surface area contributed by atoms with Gasteiger partial charge in [0.1, 0.15) is 12.4 Å². The summed E-state index contributed by atoms with van der Waals surface area (Å²) in [4.78, 5) is 22.6. The van der Waals surface area contributed by atoms with Crippen LogP contribution in [0, 0.1) is 0 Å². The largest absolute Gasteiger partial charge is 0.496 e. The molecule has 2 aromatic carbocycles. The van der Waals surface area contributed by atoms with Gasteiger partial charge >= 0.3 is 5.97 Å². The molecular weight excluding hydrogens is 256 g/mol. The van der Waals surface area contributed by atoms with Gasteiger partial charge in [0.05, 0.1) is 7.11 Å². The molecule has 0 aliphatic heterocycles. The summed E-state index contributed by atoms with van der Waals surface area (Å²) in [6.07, 6.45) is 0.178. The second-order valence-corrected chi connectivity index (χ2v) is 4.46. The average molecular weight is 272 g/mol. The summed E-state index contributed by atoms with van der Waals surface area (Å²) >= 11 is 0. The van der Waals surface area contributed by atoms with Crippen molar-refractivity contribution in [3.05, 3.63) is 42.0 Å². The van der Waals surface area contributed by atoms with Gasteiger partial charge in [-0.3, -0.25) is 9.59 Å². The van der Waals surface area contributed by atoms with Crippen molar-refractivity contribution in [2.24, 2.45) is 0 Å². The third-order valence-corrected chi connectivity index (χ3v) is 3.03. The molecule has 0 radical (unpaired) electrons. The summed E-state index contributed by atoms with van der Waals surface area (Å²) in [6, 6.07) is 11.6. The Morgan fingerprint density at radius 3 is 2.55 bits per heavy atom. The van der Waals surface area contributed by atoms with E-state index in [4.69, 9.17) is 9.47 Å². The quantitative estimate of drug-likeness (QED) is 0.785. The molecule has 0 amide bonds. The van der Waals surface area contributed by atoms with Crippen LogP contribution in [0.15, 0.2) is 36.4 Å². The Morgan fingerprint density at radius 1 is 1.10 bits per heavy atom. The van der Waals surface area contributed by atoms with Gasteiger partial charge in [-0.1, -0.05) is 30.3 Å². The first-order chi connectivity index (χ1) is 9.61. The zero-order valence-electron chi connectivity index (χ0n) is 11.5. The molecule has 20 heavy (non-hydrogen) atoms. The van der Waals surface area contributed by atoms with E-state index < -0.39 is 5.97 Å². The summed E-state index contributed by atoms with van der Waals surface area (Å²) in [7, 11) is 1.57. The van der Waals surface area contributed by atoms with Gasteiger partial charge in [0.15, 0.2) is 5.78 Å². The van der Waals surface area contributed by atoms with E-state index in [0.717, 1.165) is 16.3 Å².